The van der Waals surface area contributed by atoms with E-state index >= 15 is 0 Å². The fourth-order valence-electron chi connectivity index (χ4n) is 0. The van der Waals surface area contributed by atoms with Crippen molar-refractivity contribution in [1.82, 2.24) is 0 Å². The SMILES string of the molecule is [Y].[Y].[cH-]1ss1.[cH-]1ss1. The van der Waals surface area contributed by atoms with Gasteiger partial charge in [-0.1, -0.05) is 0 Å². The summed E-state index contributed by atoms with van der Waals surface area (Å²) in [5, 5.41) is 0. The van der Waals surface area contributed by atoms with Crippen LogP contribution in [-0.2, 0) is 65.4 Å². The Hall–Kier alpha value is 2.83. The zero-order valence-electron chi connectivity index (χ0n) is 3.94. The van der Waals surface area contributed by atoms with Gasteiger partial charge in [-0.2, -0.15) is 0 Å². The van der Waals surface area contributed by atoms with Crippen LogP contribution in [0.5, 0.6) is 0 Å². The van der Waals surface area contributed by atoms with Crippen molar-refractivity contribution in [3.8, 4) is 0 Å². The van der Waals surface area contributed by atoms with Gasteiger partial charge in [0.25, 0.3) is 0 Å². The molecule has 0 unspecified atom stereocenters. The van der Waals surface area contributed by atoms with E-state index in [1.54, 1.807) is 41.4 Å². The maximum absolute atomic E-state index is 2.08. The van der Waals surface area contributed by atoms with E-state index in [0.29, 0.717) is 0 Å². The summed E-state index contributed by atoms with van der Waals surface area (Å²) in [6.45, 7) is 0. The van der Waals surface area contributed by atoms with Gasteiger partial charge in [-0.25, -0.2) is 9.39 Å². The van der Waals surface area contributed by atoms with Gasteiger partial charge in [0, 0.05) is 65.4 Å². The van der Waals surface area contributed by atoms with Crippen LogP contribution in [0.15, 0.2) is 9.39 Å². The van der Waals surface area contributed by atoms with E-state index in [0.717, 1.165) is 0 Å². The molecule has 0 amide bonds. The second-order valence-electron chi connectivity index (χ2n) is 0.577. The number of rotatable bonds is 0. The van der Waals surface area contributed by atoms with Crippen molar-refractivity contribution in [1.29, 1.82) is 0 Å². The minimum Gasteiger partial charge on any atom is -0.308 e. The van der Waals surface area contributed by atoms with Crippen molar-refractivity contribution in [2.75, 3.05) is 0 Å². The summed E-state index contributed by atoms with van der Waals surface area (Å²) in [6.07, 6.45) is 0. The van der Waals surface area contributed by atoms with Crippen LogP contribution in [0, 0.1) is 0 Å². The summed E-state index contributed by atoms with van der Waals surface area (Å²) in [5.74, 6) is 0. The molecule has 0 aliphatic rings. The molecule has 0 fully saturated rings. The van der Waals surface area contributed by atoms with Crippen molar-refractivity contribution in [2.24, 2.45) is 0 Å². The van der Waals surface area contributed by atoms with Gasteiger partial charge in [0.05, 0.1) is 0 Å². The van der Waals surface area contributed by atoms with Crippen LogP contribution in [0.1, 0.15) is 0 Å². The van der Waals surface area contributed by atoms with Crippen LogP contribution in [0.4, 0.5) is 0 Å². The molecule has 2 heterocycles. The molecule has 0 aromatic carbocycles. The second kappa shape index (κ2) is 9.83. The van der Waals surface area contributed by atoms with Crippen LogP contribution in [0.25, 0.3) is 0 Å². The Morgan fingerprint density at radius 3 is 0.750 bits per heavy atom. The van der Waals surface area contributed by atoms with Crippen molar-refractivity contribution in [2.45, 2.75) is 0 Å². The summed E-state index contributed by atoms with van der Waals surface area (Å²) >= 11 is 0. The van der Waals surface area contributed by atoms with Crippen molar-refractivity contribution in [3.63, 3.8) is 0 Å². The first-order chi connectivity index (χ1) is 3.00. The molecule has 2 rings (SSSR count). The van der Waals surface area contributed by atoms with E-state index < -0.39 is 0 Å². The molecule has 2 radical (unpaired) electrons. The molecule has 0 spiro atoms. The minimum absolute atomic E-state index is 0. The molecule has 0 aliphatic carbocycles. The number of hydrogen-bond donors (Lipinski definition) is 0. The minimum atomic E-state index is 0. The van der Waals surface area contributed by atoms with Gasteiger partial charge < -0.3 is 41.4 Å². The first kappa shape index (κ1) is 13.4. The molecule has 8 heavy (non-hydrogen) atoms. The van der Waals surface area contributed by atoms with Gasteiger partial charge in [0.15, 0.2) is 0 Å². The Kier molecular flexibility index (Phi) is 16.5. The van der Waals surface area contributed by atoms with E-state index in [1.165, 1.54) is 0 Å². The average Bonchev–Trinajstić information content (AvgIpc) is 2.31. The zero-order chi connectivity index (χ0) is 4.24. The quantitative estimate of drug-likeness (QED) is 0.514. The summed E-state index contributed by atoms with van der Waals surface area (Å²) in [5.41, 5.74) is 0. The predicted octanol–water partition coefficient (Wildman–Crippen LogP) is 3.05. The molecule has 2 aromatic heterocycles. The summed E-state index contributed by atoms with van der Waals surface area (Å²) in [6, 6.07) is 0. The average molecular weight is 332 g/mol. The molecule has 0 saturated carbocycles. The third kappa shape index (κ3) is 23.2. The third-order valence-electron chi connectivity index (χ3n) is 0.192. The molecule has 6 heteroatoms. The first-order valence-electron chi connectivity index (χ1n) is 1.28. The van der Waals surface area contributed by atoms with Crippen LogP contribution < -0.4 is 0 Å². The summed E-state index contributed by atoms with van der Waals surface area (Å²) in [4.78, 5) is 0. The zero-order valence-corrected chi connectivity index (χ0v) is 12.9. The molecule has 2 aromatic rings. The molecular formula is C2H2S4Y2-2. The standard InChI is InChI=1S/2CHS2.2Y/c2*1-2-3-1;;/h2*1H;;/q2*-1;;. The van der Waals surface area contributed by atoms with Gasteiger partial charge in [-0.15, -0.1) is 0 Å². The molecule has 0 atom stereocenters. The largest absolute Gasteiger partial charge is 0.308 e. The second-order valence-corrected chi connectivity index (χ2v) is 5.20. The smallest absolute Gasteiger partial charge is 0 e. The van der Waals surface area contributed by atoms with Crippen molar-refractivity contribution >= 4 is 41.4 Å². The molecule has 0 aliphatic heterocycles. The normalized spacial score (nSPS) is 6.00. The predicted molar refractivity (Wildman–Crippen MR) is 35.6 cm³/mol. The molecule has 0 saturated heterocycles. The van der Waals surface area contributed by atoms with Gasteiger partial charge in [-0.05, 0) is 0 Å². The fourth-order valence-corrected chi connectivity index (χ4v) is 0. The summed E-state index contributed by atoms with van der Waals surface area (Å²) < 4.78 is 4.17. The third-order valence-corrected chi connectivity index (χ3v) is 1.73. The Balaban J connectivity index is 0. The Morgan fingerprint density at radius 1 is 0.625 bits per heavy atom. The van der Waals surface area contributed by atoms with Gasteiger partial charge in [0.2, 0.25) is 0 Å². The maximum Gasteiger partial charge on any atom is 0 e. The van der Waals surface area contributed by atoms with Gasteiger partial charge in [0.1, 0.15) is 0 Å². The van der Waals surface area contributed by atoms with Crippen molar-refractivity contribution < 1.29 is 65.4 Å². The Labute approximate surface area is 114 Å². The molecular weight excluding hydrogens is 330 g/mol. The Morgan fingerprint density at radius 2 is 0.750 bits per heavy atom. The monoisotopic (exact) mass is 332 g/mol. The van der Waals surface area contributed by atoms with E-state index in [4.69, 9.17) is 0 Å². The van der Waals surface area contributed by atoms with Crippen LogP contribution in [0.3, 0.4) is 0 Å². The van der Waals surface area contributed by atoms with Crippen LogP contribution in [0.2, 0.25) is 0 Å². The first-order valence-corrected chi connectivity index (χ1v) is 5.83. The Bertz CT molecular complexity index is 84.0. The molecule has 0 bridgehead atoms. The maximum atomic E-state index is 2.08. The number of hydrogen-bond acceptors (Lipinski definition) is 4. The topological polar surface area (TPSA) is 0 Å². The van der Waals surface area contributed by atoms with E-state index in [-0.39, 0.29) is 65.4 Å². The fraction of sp³-hybridized carbons (Fsp3) is 0. The molecule has 0 nitrogen and oxygen atoms in total. The summed E-state index contributed by atoms with van der Waals surface area (Å²) in [7, 11) is 7.17. The molecule has 0 N–H and O–H groups in total. The van der Waals surface area contributed by atoms with Gasteiger partial charge >= 0.3 is 0 Å². The molecule has 42 valence electrons. The van der Waals surface area contributed by atoms with E-state index in [2.05, 4.69) is 9.39 Å². The van der Waals surface area contributed by atoms with Crippen molar-refractivity contribution in [3.05, 3.63) is 9.39 Å². The van der Waals surface area contributed by atoms with Crippen LogP contribution in [-0.4, -0.2) is 0 Å². The van der Waals surface area contributed by atoms with E-state index in [9.17, 15) is 0 Å². The van der Waals surface area contributed by atoms with E-state index in [1.807, 2.05) is 0 Å². The van der Waals surface area contributed by atoms with Crippen LogP contribution >= 0.6 is 41.4 Å². The van der Waals surface area contributed by atoms with Gasteiger partial charge in [-0.3, -0.25) is 0 Å².